The Labute approximate surface area is 121 Å². The Kier molecular flexibility index (Phi) is 4.82. The Balaban J connectivity index is 1.91. The maximum atomic E-state index is 12.1. The second kappa shape index (κ2) is 6.21. The van der Waals surface area contributed by atoms with E-state index in [1.54, 1.807) is 0 Å². The second-order valence-corrected chi connectivity index (χ2v) is 6.79. The van der Waals surface area contributed by atoms with Crippen LogP contribution in [0.25, 0.3) is 0 Å². The van der Waals surface area contributed by atoms with Crippen molar-refractivity contribution in [3.05, 3.63) is 0 Å². The summed E-state index contributed by atoms with van der Waals surface area (Å²) in [4.78, 5) is 12.6. The number of nitrogens with one attached hydrogen (secondary N) is 1. The summed E-state index contributed by atoms with van der Waals surface area (Å²) in [6, 6.07) is 0. The molecular formula is C15H26N2OS. The van der Waals surface area contributed by atoms with Gasteiger partial charge in [-0.3, -0.25) is 4.79 Å². The summed E-state index contributed by atoms with van der Waals surface area (Å²) in [6.45, 7) is 2.23. The number of thiocarbonyl (C=S) groups is 1. The first kappa shape index (κ1) is 14.8. The highest BCUT2D eigenvalue weighted by molar-refractivity contribution is 7.80. The van der Waals surface area contributed by atoms with Crippen LogP contribution in [0.2, 0.25) is 0 Å². The lowest BCUT2D eigenvalue weighted by Gasteiger charge is -2.40. The highest BCUT2D eigenvalue weighted by atomic mass is 32.1. The Morgan fingerprint density at radius 3 is 2.32 bits per heavy atom. The molecule has 0 unspecified atom stereocenters. The van der Waals surface area contributed by atoms with Gasteiger partial charge in [0.25, 0.3) is 0 Å². The number of amides is 1. The van der Waals surface area contributed by atoms with Crippen LogP contribution in [0.5, 0.6) is 0 Å². The molecule has 0 aromatic heterocycles. The van der Waals surface area contributed by atoms with Gasteiger partial charge in [-0.05, 0) is 50.4 Å². The predicted molar refractivity (Wildman–Crippen MR) is 81.9 cm³/mol. The Morgan fingerprint density at radius 2 is 1.89 bits per heavy atom. The SMILES string of the molecule is CCC1CCC(NC(=O)CC2CCC2)(C(N)=S)CC1. The van der Waals surface area contributed by atoms with Crippen LogP contribution in [-0.4, -0.2) is 16.4 Å². The van der Waals surface area contributed by atoms with E-state index in [9.17, 15) is 4.79 Å². The summed E-state index contributed by atoms with van der Waals surface area (Å²) in [5.74, 6) is 1.51. The zero-order valence-corrected chi connectivity index (χ0v) is 12.7. The maximum absolute atomic E-state index is 12.1. The van der Waals surface area contributed by atoms with Crippen molar-refractivity contribution in [1.29, 1.82) is 0 Å². The van der Waals surface area contributed by atoms with E-state index < -0.39 is 5.54 Å². The molecule has 0 aliphatic heterocycles. The van der Waals surface area contributed by atoms with Gasteiger partial charge >= 0.3 is 0 Å². The molecule has 2 saturated carbocycles. The minimum Gasteiger partial charge on any atom is -0.391 e. The monoisotopic (exact) mass is 282 g/mol. The topological polar surface area (TPSA) is 55.1 Å². The second-order valence-electron chi connectivity index (χ2n) is 6.35. The largest absolute Gasteiger partial charge is 0.391 e. The average molecular weight is 282 g/mol. The number of carbonyl (C=O) groups excluding carboxylic acids is 1. The van der Waals surface area contributed by atoms with Crippen molar-refractivity contribution in [1.82, 2.24) is 5.32 Å². The minimum absolute atomic E-state index is 0.146. The molecule has 2 fully saturated rings. The molecule has 108 valence electrons. The van der Waals surface area contributed by atoms with Gasteiger partial charge in [0.2, 0.25) is 5.91 Å². The molecule has 3 nitrogen and oxygen atoms in total. The van der Waals surface area contributed by atoms with Gasteiger partial charge in [0.05, 0.1) is 10.5 Å². The van der Waals surface area contributed by atoms with Crippen LogP contribution in [0, 0.1) is 11.8 Å². The molecule has 0 aromatic rings. The molecule has 19 heavy (non-hydrogen) atoms. The number of rotatable bonds is 5. The smallest absolute Gasteiger partial charge is 0.221 e. The fraction of sp³-hybridized carbons (Fsp3) is 0.867. The molecule has 2 aliphatic rings. The van der Waals surface area contributed by atoms with Crippen LogP contribution < -0.4 is 11.1 Å². The van der Waals surface area contributed by atoms with E-state index in [-0.39, 0.29) is 5.91 Å². The molecule has 4 heteroatoms. The average Bonchev–Trinajstić information content (AvgIpc) is 2.34. The molecule has 0 heterocycles. The van der Waals surface area contributed by atoms with Crippen molar-refractivity contribution in [3.8, 4) is 0 Å². The van der Waals surface area contributed by atoms with Crippen molar-refractivity contribution < 1.29 is 4.79 Å². The van der Waals surface area contributed by atoms with Crippen LogP contribution in [0.15, 0.2) is 0 Å². The maximum Gasteiger partial charge on any atom is 0.221 e. The van der Waals surface area contributed by atoms with Crippen LogP contribution in [0.4, 0.5) is 0 Å². The van der Waals surface area contributed by atoms with E-state index in [4.69, 9.17) is 18.0 Å². The summed E-state index contributed by atoms with van der Waals surface area (Å²) in [6.07, 6.45) is 9.61. The first-order chi connectivity index (χ1) is 9.05. The normalized spacial score (nSPS) is 31.5. The molecular weight excluding hydrogens is 256 g/mol. The molecule has 0 saturated heterocycles. The lowest BCUT2D eigenvalue weighted by atomic mass is 9.75. The number of hydrogen-bond donors (Lipinski definition) is 2. The third kappa shape index (κ3) is 3.47. The van der Waals surface area contributed by atoms with Crippen LogP contribution in [0.1, 0.15) is 64.7 Å². The standard InChI is InChI=1S/C15H26N2OS/c1-2-11-6-8-15(9-7-11,14(16)19)17-13(18)10-12-4-3-5-12/h11-12H,2-10H2,1H3,(H2,16,19)(H,17,18). The number of carbonyl (C=O) groups is 1. The van der Waals surface area contributed by atoms with Crippen molar-refractivity contribution in [2.75, 3.05) is 0 Å². The van der Waals surface area contributed by atoms with Gasteiger partial charge in [-0.25, -0.2) is 0 Å². The molecule has 3 N–H and O–H groups in total. The quantitative estimate of drug-likeness (QED) is 0.762. The lowest BCUT2D eigenvalue weighted by Crippen LogP contribution is -2.58. The number of hydrogen-bond acceptors (Lipinski definition) is 2. The molecule has 0 atom stereocenters. The van der Waals surface area contributed by atoms with E-state index in [0.29, 0.717) is 17.3 Å². The van der Waals surface area contributed by atoms with Crippen molar-refractivity contribution in [3.63, 3.8) is 0 Å². The summed E-state index contributed by atoms with van der Waals surface area (Å²) in [7, 11) is 0. The summed E-state index contributed by atoms with van der Waals surface area (Å²) in [5, 5.41) is 3.17. The highest BCUT2D eigenvalue weighted by Gasteiger charge is 2.39. The third-order valence-electron chi connectivity index (χ3n) is 5.09. The van der Waals surface area contributed by atoms with E-state index in [1.165, 1.54) is 25.7 Å². The summed E-state index contributed by atoms with van der Waals surface area (Å²) < 4.78 is 0. The molecule has 2 rings (SSSR count). The Hall–Kier alpha value is -0.640. The molecule has 0 radical (unpaired) electrons. The van der Waals surface area contributed by atoms with Crippen molar-refractivity contribution >= 4 is 23.1 Å². The van der Waals surface area contributed by atoms with Gasteiger partial charge < -0.3 is 11.1 Å². The van der Waals surface area contributed by atoms with E-state index in [2.05, 4.69) is 12.2 Å². The fourth-order valence-corrected chi connectivity index (χ4v) is 3.54. The molecule has 0 aromatic carbocycles. The van der Waals surface area contributed by atoms with Gasteiger partial charge in [-0.15, -0.1) is 0 Å². The van der Waals surface area contributed by atoms with Gasteiger partial charge in [0.15, 0.2) is 0 Å². The van der Waals surface area contributed by atoms with Gasteiger partial charge in [-0.1, -0.05) is 32.0 Å². The first-order valence-corrected chi connectivity index (χ1v) is 8.07. The van der Waals surface area contributed by atoms with Gasteiger partial charge in [0, 0.05) is 6.42 Å². The minimum atomic E-state index is -0.401. The zero-order valence-electron chi connectivity index (χ0n) is 11.9. The van der Waals surface area contributed by atoms with Crippen LogP contribution in [0.3, 0.4) is 0 Å². The highest BCUT2D eigenvalue weighted by Crippen LogP contribution is 2.35. The van der Waals surface area contributed by atoms with E-state index in [1.807, 2.05) is 0 Å². The molecule has 0 bridgehead atoms. The Morgan fingerprint density at radius 1 is 1.26 bits per heavy atom. The van der Waals surface area contributed by atoms with Crippen LogP contribution >= 0.6 is 12.2 Å². The summed E-state index contributed by atoms with van der Waals surface area (Å²) >= 11 is 5.24. The van der Waals surface area contributed by atoms with Crippen molar-refractivity contribution in [2.45, 2.75) is 70.3 Å². The van der Waals surface area contributed by atoms with Crippen LogP contribution in [-0.2, 0) is 4.79 Å². The predicted octanol–water partition coefficient (Wildman–Crippen LogP) is 2.92. The number of nitrogens with two attached hydrogens (primary N) is 1. The lowest BCUT2D eigenvalue weighted by molar-refractivity contribution is -0.124. The third-order valence-corrected chi connectivity index (χ3v) is 5.48. The Bertz CT molecular complexity index is 344. The first-order valence-electron chi connectivity index (χ1n) is 7.66. The van der Waals surface area contributed by atoms with E-state index >= 15 is 0 Å². The summed E-state index contributed by atoms with van der Waals surface area (Å²) in [5.41, 5.74) is 5.53. The van der Waals surface area contributed by atoms with Gasteiger partial charge in [0.1, 0.15) is 0 Å². The van der Waals surface area contributed by atoms with Gasteiger partial charge in [-0.2, -0.15) is 0 Å². The molecule has 0 spiro atoms. The fourth-order valence-electron chi connectivity index (χ4n) is 3.29. The van der Waals surface area contributed by atoms with E-state index in [0.717, 1.165) is 31.6 Å². The molecule has 1 amide bonds. The zero-order chi connectivity index (χ0) is 13.9. The molecule has 2 aliphatic carbocycles. The van der Waals surface area contributed by atoms with Crippen molar-refractivity contribution in [2.24, 2.45) is 17.6 Å².